The van der Waals surface area contributed by atoms with Crippen LogP contribution in [0.15, 0.2) is 54.6 Å². The van der Waals surface area contributed by atoms with Gasteiger partial charge in [0.2, 0.25) is 5.91 Å². The van der Waals surface area contributed by atoms with Crippen molar-refractivity contribution in [3.63, 3.8) is 0 Å². The second kappa shape index (κ2) is 9.88. The summed E-state index contributed by atoms with van der Waals surface area (Å²) >= 11 is 5.89. The van der Waals surface area contributed by atoms with Crippen LogP contribution >= 0.6 is 11.6 Å². The predicted molar refractivity (Wildman–Crippen MR) is 105 cm³/mol. The molecule has 0 saturated heterocycles. The van der Waals surface area contributed by atoms with Crippen LogP contribution in [0.5, 0.6) is 0 Å². The van der Waals surface area contributed by atoms with E-state index in [2.05, 4.69) is 10.6 Å². The maximum atomic E-state index is 12.8. The number of carbonyl (C=O) groups excluding carboxylic acids is 2. The molecule has 0 spiro atoms. The van der Waals surface area contributed by atoms with Gasteiger partial charge in [-0.05, 0) is 29.8 Å². The molecule has 1 atom stereocenters. The molecule has 0 aliphatic heterocycles. The van der Waals surface area contributed by atoms with Crippen molar-refractivity contribution in [2.75, 3.05) is 13.1 Å². The van der Waals surface area contributed by atoms with Crippen molar-refractivity contribution in [1.29, 1.82) is 5.26 Å². The molecular formula is C19H18ClN3O4S. The smallest absolute Gasteiger partial charge is 0.251 e. The minimum atomic E-state index is -3.99. The molecule has 2 rings (SSSR count). The highest BCUT2D eigenvalue weighted by Crippen LogP contribution is 2.16. The van der Waals surface area contributed by atoms with Gasteiger partial charge in [0.25, 0.3) is 5.91 Å². The number of hydrogen-bond acceptors (Lipinski definition) is 5. The zero-order valence-electron chi connectivity index (χ0n) is 14.8. The zero-order valence-corrected chi connectivity index (χ0v) is 16.3. The number of halogens is 1. The Morgan fingerprint density at radius 3 is 2.43 bits per heavy atom. The molecule has 0 saturated carbocycles. The third kappa shape index (κ3) is 6.08. The average molecular weight is 420 g/mol. The molecule has 0 aromatic heterocycles. The molecule has 28 heavy (non-hydrogen) atoms. The second-order valence-electron chi connectivity index (χ2n) is 5.88. The van der Waals surface area contributed by atoms with Gasteiger partial charge >= 0.3 is 0 Å². The number of hydrogen-bond donors (Lipinski definition) is 2. The van der Waals surface area contributed by atoms with Crippen LogP contribution in [0.3, 0.4) is 0 Å². The van der Waals surface area contributed by atoms with Gasteiger partial charge in [-0.25, -0.2) is 8.42 Å². The third-order valence-corrected chi connectivity index (χ3v) is 6.03. The highest BCUT2D eigenvalue weighted by atomic mass is 35.5. The molecule has 2 aromatic rings. The Bertz CT molecular complexity index is 988. The van der Waals surface area contributed by atoms with Gasteiger partial charge < -0.3 is 10.6 Å². The molecule has 9 heteroatoms. The maximum Gasteiger partial charge on any atom is 0.251 e. The Kier molecular flexibility index (Phi) is 7.55. The lowest BCUT2D eigenvalue weighted by Gasteiger charge is -2.17. The lowest BCUT2D eigenvalue weighted by Crippen LogP contribution is -2.47. The normalized spacial score (nSPS) is 11.9. The molecule has 2 amide bonds. The van der Waals surface area contributed by atoms with Crippen molar-refractivity contribution in [2.24, 2.45) is 0 Å². The number of nitrogens with one attached hydrogen (secondary N) is 2. The van der Waals surface area contributed by atoms with Crippen LogP contribution in [0.25, 0.3) is 0 Å². The molecule has 0 fully saturated rings. The number of carbonyl (C=O) groups is 2. The summed E-state index contributed by atoms with van der Waals surface area (Å²) in [6.45, 7) is -0.761. The van der Waals surface area contributed by atoms with Crippen molar-refractivity contribution >= 4 is 33.3 Å². The van der Waals surface area contributed by atoms with Gasteiger partial charge in [0.1, 0.15) is 6.54 Å². The number of rotatable bonds is 8. The quantitative estimate of drug-likeness (QED) is 0.631. The summed E-state index contributed by atoms with van der Waals surface area (Å²) in [5.74, 6) is -1.78. The monoisotopic (exact) mass is 419 g/mol. The summed E-state index contributed by atoms with van der Waals surface area (Å²) in [6, 6.07) is 16.2. The molecule has 0 radical (unpaired) electrons. The van der Waals surface area contributed by atoms with E-state index in [1.54, 1.807) is 54.6 Å². The molecule has 0 aliphatic rings. The Morgan fingerprint density at radius 2 is 1.79 bits per heavy atom. The first-order valence-electron chi connectivity index (χ1n) is 8.27. The highest BCUT2D eigenvalue weighted by molar-refractivity contribution is 7.92. The fraction of sp³-hybridized carbons (Fsp3) is 0.211. The fourth-order valence-electron chi connectivity index (χ4n) is 2.46. The summed E-state index contributed by atoms with van der Waals surface area (Å²) in [5.41, 5.74) is 0.755. The van der Waals surface area contributed by atoms with Gasteiger partial charge in [0.05, 0.1) is 11.8 Å². The average Bonchev–Trinajstić information content (AvgIpc) is 2.66. The molecule has 0 bridgehead atoms. The van der Waals surface area contributed by atoms with Gasteiger partial charge in [-0.3, -0.25) is 9.59 Å². The van der Waals surface area contributed by atoms with E-state index in [1.165, 1.54) is 6.07 Å². The second-order valence-corrected chi connectivity index (χ2v) is 8.50. The minimum absolute atomic E-state index is 0.339. The molecule has 7 nitrogen and oxygen atoms in total. The fourth-order valence-corrected chi connectivity index (χ4v) is 4.26. The Balaban J connectivity index is 2.19. The van der Waals surface area contributed by atoms with Crippen LogP contribution in [0.4, 0.5) is 0 Å². The van der Waals surface area contributed by atoms with E-state index in [4.69, 9.17) is 16.9 Å². The van der Waals surface area contributed by atoms with E-state index < -0.39 is 39.2 Å². The first-order valence-corrected chi connectivity index (χ1v) is 10.4. The molecule has 2 aromatic carbocycles. The lowest BCUT2D eigenvalue weighted by atomic mass is 10.2. The van der Waals surface area contributed by atoms with Crippen LogP contribution < -0.4 is 10.6 Å². The van der Waals surface area contributed by atoms with Gasteiger partial charge in [0, 0.05) is 17.1 Å². The summed E-state index contributed by atoms with van der Waals surface area (Å²) in [7, 11) is -3.99. The van der Waals surface area contributed by atoms with Crippen LogP contribution in [0.2, 0.25) is 5.02 Å². The number of nitriles is 1. The van der Waals surface area contributed by atoms with Crippen molar-refractivity contribution in [2.45, 2.75) is 11.0 Å². The van der Waals surface area contributed by atoms with E-state index in [0.29, 0.717) is 16.1 Å². The van der Waals surface area contributed by atoms with Crippen LogP contribution in [-0.2, 0) is 20.4 Å². The molecule has 1 unspecified atom stereocenters. The van der Waals surface area contributed by atoms with Crippen LogP contribution in [0.1, 0.15) is 15.9 Å². The molecule has 146 valence electrons. The molecule has 2 N–H and O–H groups in total. The van der Waals surface area contributed by atoms with Crippen molar-refractivity contribution in [3.8, 4) is 6.07 Å². The van der Waals surface area contributed by atoms with E-state index in [1.807, 2.05) is 0 Å². The first kappa shape index (κ1) is 21.4. The van der Waals surface area contributed by atoms with Crippen molar-refractivity contribution in [1.82, 2.24) is 10.6 Å². The lowest BCUT2D eigenvalue weighted by molar-refractivity contribution is -0.120. The van der Waals surface area contributed by atoms with E-state index >= 15 is 0 Å². The Labute approximate surface area is 168 Å². The van der Waals surface area contributed by atoms with Crippen LogP contribution in [-0.4, -0.2) is 38.6 Å². The van der Waals surface area contributed by atoms with E-state index in [-0.39, 0.29) is 6.54 Å². The van der Waals surface area contributed by atoms with Gasteiger partial charge in [-0.1, -0.05) is 41.9 Å². The molecule has 0 heterocycles. The topological polar surface area (TPSA) is 116 Å². The summed E-state index contributed by atoms with van der Waals surface area (Å²) < 4.78 is 25.7. The maximum absolute atomic E-state index is 12.8. The summed E-state index contributed by atoms with van der Waals surface area (Å²) in [6.07, 6.45) is 0. The zero-order chi connectivity index (χ0) is 20.6. The number of benzene rings is 2. The number of sulfone groups is 1. The largest absolute Gasteiger partial charge is 0.350 e. The van der Waals surface area contributed by atoms with Crippen LogP contribution in [0, 0.1) is 11.3 Å². The standard InChI is InChI=1S/C19H18ClN3O4S/c20-16-8-4-5-14(11-16)13-28(26,27)17(19(25)22-10-9-21)12-23-18(24)15-6-2-1-3-7-15/h1-8,11,17H,10,12-13H2,(H,22,25)(H,23,24). The molecular weight excluding hydrogens is 402 g/mol. The van der Waals surface area contributed by atoms with Gasteiger partial charge in [-0.2, -0.15) is 5.26 Å². The van der Waals surface area contributed by atoms with E-state index in [9.17, 15) is 18.0 Å². The Hall–Kier alpha value is -2.89. The summed E-state index contributed by atoms with van der Waals surface area (Å²) in [5, 5.41) is 12.2. The van der Waals surface area contributed by atoms with Crippen molar-refractivity contribution in [3.05, 3.63) is 70.7 Å². The predicted octanol–water partition coefficient (Wildman–Crippen LogP) is 1.69. The first-order chi connectivity index (χ1) is 13.3. The Morgan fingerprint density at radius 1 is 1.07 bits per heavy atom. The highest BCUT2D eigenvalue weighted by Gasteiger charge is 2.33. The van der Waals surface area contributed by atoms with E-state index in [0.717, 1.165) is 0 Å². The van der Waals surface area contributed by atoms with Crippen molar-refractivity contribution < 1.29 is 18.0 Å². The third-order valence-electron chi connectivity index (χ3n) is 3.81. The minimum Gasteiger partial charge on any atom is -0.350 e. The number of amides is 2. The SMILES string of the molecule is N#CCNC(=O)C(CNC(=O)c1ccccc1)S(=O)(=O)Cc1cccc(Cl)c1. The number of nitrogens with zero attached hydrogens (tertiary/aromatic N) is 1. The van der Waals surface area contributed by atoms with Gasteiger partial charge in [-0.15, -0.1) is 0 Å². The van der Waals surface area contributed by atoms with Gasteiger partial charge in [0.15, 0.2) is 15.1 Å². The molecule has 0 aliphatic carbocycles. The summed E-state index contributed by atoms with van der Waals surface area (Å²) in [4.78, 5) is 24.5.